The zero-order valence-electron chi connectivity index (χ0n) is 15.9. The maximum atomic E-state index is 12.1. The van der Waals surface area contributed by atoms with Crippen LogP contribution in [0.15, 0.2) is 18.5 Å². The van der Waals surface area contributed by atoms with E-state index in [1.54, 1.807) is 11.1 Å². The summed E-state index contributed by atoms with van der Waals surface area (Å²) in [5, 5.41) is 13.5. The smallest absolute Gasteiger partial charge is 0.410 e. The number of carboxylic acids is 1. The fourth-order valence-electron chi connectivity index (χ4n) is 3.29. The van der Waals surface area contributed by atoms with E-state index in [1.165, 1.54) is 12.3 Å². The second-order valence-corrected chi connectivity index (χ2v) is 7.82. The number of aromatic nitrogens is 2. The number of hydrogen-bond donors (Lipinski definition) is 3. The lowest BCUT2D eigenvalue weighted by Gasteiger charge is -2.33. The Bertz CT molecular complexity index is 832. The Labute approximate surface area is 157 Å². The topological polar surface area (TPSA) is 108 Å². The number of aromatic carboxylic acids is 1. The molecule has 0 bridgehead atoms. The number of pyridine rings is 1. The van der Waals surface area contributed by atoms with E-state index in [0.29, 0.717) is 30.7 Å². The number of aromatic amines is 1. The summed E-state index contributed by atoms with van der Waals surface area (Å²) in [5.74, 6) is -0.964. The van der Waals surface area contributed by atoms with Crippen LogP contribution in [0.4, 0.5) is 4.79 Å². The van der Waals surface area contributed by atoms with E-state index in [0.717, 1.165) is 18.4 Å². The Balaban J connectivity index is 1.57. The average molecular weight is 374 g/mol. The first-order valence-corrected chi connectivity index (χ1v) is 9.14. The maximum Gasteiger partial charge on any atom is 0.410 e. The van der Waals surface area contributed by atoms with Gasteiger partial charge in [-0.25, -0.2) is 14.6 Å². The molecule has 3 heterocycles. The van der Waals surface area contributed by atoms with E-state index in [-0.39, 0.29) is 17.7 Å². The zero-order valence-corrected chi connectivity index (χ0v) is 15.9. The molecule has 0 spiro atoms. The number of nitrogens with zero attached hydrogens (tertiary/aromatic N) is 2. The van der Waals surface area contributed by atoms with Gasteiger partial charge < -0.3 is 25.0 Å². The lowest BCUT2D eigenvalue weighted by atomic mass is 10.0. The Morgan fingerprint density at radius 2 is 2.07 bits per heavy atom. The molecule has 0 atom stereocenters. The number of amides is 1. The minimum Gasteiger partial charge on any atom is -0.478 e. The summed E-state index contributed by atoms with van der Waals surface area (Å²) in [4.78, 5) is 32.6. The standard InChI is InChI=1S/C19H26N4O4/c1-19(2,3)27-18(26)23-8-5-13(6-9-23)21-10-12-11-22-16-15(12)14(17(24)25)4-7-20-16/h4,7,11,13,21H,5-6,8-10H2,1-3H3,(H,20,22)(H,24,25). The molecule has 0 unspecified atom stereocenters. The molecule has 2 aromatic rings. The van der Waals surface area contributed by atoms with Crippen molar-refractivity contribution in [1.29, 1.82) is 0 Å². The van der Waals surface area contributed by atoms with Crippen LogP contribution in [-0.4, -0.2) is 56.8 Å². The van der Waals surface area contributed by atoms with E-state index < -0.39 is 11.6 Å². The third-order valence-electron chi connectivity index (χ3n) is 4.61. The molecule has 1 fully saturated rings. The van der Waals surface area contributed by atoms with Crippen molar-refractivity contribution in [3.8, 4) is 0 Å². The van der Waals surface area contributed by atoms with Gasteiger partial charge in [-0.3, -0.25) is 0 Å². The zero-order chi connectivity index (χ0) is 19.6. The number of ether oxygens (including phenoxy) is 1. The Morgan fingerprint density at radius 1 is 1.37 bits per heavy atom. The summed E-state index contributed by atoms with van der Waals surface area (Å²) in [7, 11) is 0. The molecule has 0 saturated carbocycles. The second kappa shape index (κ2) is 7.56. The molecule has 146 valence electrons. The van der Waals surface area contributed by atoms with Gasteiger partial charge in [0, 0.05) is 43.5 Å². The number of nitrogens with one attached hydrogen (secondary N) is 2. The van der Waals surface area contributed by atoms with Gasteiger partial charge in [0.25, 0.3) is 0 Å². The van der Waals surface area contributed by atoms with Gasteiger partial charge in [-0.05, 0) is 45.2 Å². The van der Waals surface area contributed by atoms with Crippen LogP contribution >= 0.6 is 0 Å². The molecular formula is C19H26N4O4. The van der Waals surface area contributed by atoms with Crippen molar-refractivity contribution in [3.63, 3.8) is 0 Å². The van der Waals surface area contributed by atoms with Gasteiger partial charge in [0.2, 0.25) is 0 Å². The van der Waals surface area contributed by atoms with Crippen molar-refractivity contribution in [2.45, 2.75) is 51.8 Å². The van der Waals surface area contributed by atoms with Gasteiger partial charge >= 0.3 is 12.1 Å². The fourth-order valence-corrected chi connectivity index (χ4v) is 3.29. The highest BCUT2D eigenvalue weighted by atomic mass is 16.6. The van der Waals surface area contributed by atoms with Crippen LogP contribution in [0.25, 0.3) is 11.0 Å². The molecule has 8 nitrogen and oxygen atoms in total. The predicted octanol–water partition coefficient (Wildman–Crippen LogP) is 2.75. The third-order valence-corrected chi connectivity index (χ3v) is 4.61. The number of rotatable bonds is 4. The van der Waals surface area contributed by atoms with E-state index >= 15 is 0 Å². The van der Waals surface area contributed by atoms with Crippen LogP contribution in [0.5, 0.6) is 0 Å². The van der Waals surface area contributed by atoms with Crippen molar-refractivity contribution < 1.29 is 19.4 Å². The van der Waals surface area contributed by atoms with Crippen LogP contribution < -0.4 is 5.32 Å². The fraction of sp³-hybridized carbons (Fsp3) is 0.526. The summed E-state index contributed by atoms with van der Waals surface area (Å²) >= 11 is 0. The number of carbonyl (C=O) groups is 2. The first kappa shape index (κ1) is 19.2. The van der Waals surface area contributed by atoms with Crippen LogP contribution in [-0.2, 0) is 11.3 Å². The molecule has 3 N–H and O–H groups in total. The average Bonchev–Trinajstić information content (AvgIpc) is 3.02. The van der Waals surface area contributed by atoms with E-state index in [9.17, 15) is 14.7 Å². The maximum absolute atomic E-state index is 12.1. The minimum absolute atomic E-state index is 0.248. The predicted molar refractivity (Wildman–Crippen MR) is 101 cm³/mol. The van der Waals surface area contributed by atoms with E-state index in [2.05, 4.69) is 15.3 Å². The second-order valence-electron chi connectivity index (χ2n) is 7.82. The highest BCUT2D eigenvalue weighted by Gasteiger charge is 2.26. The number of likely N-dealkylation sites (tertiary alicyclic amines) is 1. The van der Waals surface area contributed by atoms with Gasteiger partial charge in [-0.2, -0.15) is 0 Å². The number of carboxylic acid groups (broad SMARTS) is 1. The Hall–Kier alpha value is -2.61. The normalized spacial score (nSPS) is 15.9. The quantitative estimate of drug-likeness (QED) is 0.759. The summed E-state index contributed by atoms with van der Waals surface area (Å²) in [6.07, 6.45) is 4.67. The van der Waals surface area contributed by atoms with Gasteiger partial charge in [-0.1, -0.05) is 0 Å². The van der Waals surface area contributed by atoms with Crippen LogP contribution in [0, 0.1) is 0 Å². The molecule has 1 aliphatic rings. The lowest BCUT2D eigenvalue weighted by Crippen LogP contribution is -2.46. The Kier molecular flexibility index (Phi) is 5.36. The van der Waals surface area contributed by atoms with Crippen molar-refractivity contribution in [3.05, 3.63) is 29.6 Å². The van der Waals surface area contributed by atoms with Crippen molar-refractivity contribution in [1.82, 2.24) is 20.2 Å². The number of hydrogen-bond acceptors (Lipinski definition) is 5. The monoisotopic (exact) mass is 374 g/mol. The molecule has 1 saturated heterocycles. The third kappa shape index (κ3) is 4.57. The summed E-state index contributed by atoms with van der Waals surface area (Å²) in [6.45, 7) is 7.41. The molecule has 0 radical (unpaired) electrons. The molecule has 3 rings (SSSR count). The van der Waals surface area contributed by atoms with Crippen molar-refractivity contribution >= 4 is 23.1 Å². The molecule has 2 aromatic heterocycles. The first-order valence-electron chi connectivity index (χ1n) is 9.14. The largest absolute Gasteiger partial charge is 0.478 e. The highest BCUT2D eigenvalue weighted by molar-refractivity contribution is 6.03. The van der Waals surface area contributed by atoms with E-state index in [1.807, 2.05) is 20.8 Å². The van der Waals surface area contributed by atoms with Crippen LogP contribution in [0.1, 0.15) is 49.5 Å². The summed E-state index contributed by atoms with van der Waals surface area (Å²) < 4.78 is 5.41. The Morgan fingerprint density at radius 3 is 2.70 bits per heavy atom. The van der Waals surface area contributed by atoms with Crippen molar-refractivity contribution in [2.75, 3.05) is 13.1 Å². The van der Waals surface area contributed by atoms with Crippen LogP contribution in [0.3, 0.4) is 0 Å². The molecule has 1 aliphatic heterocycles. The number of carbonyl (C=O) groups excluding carboxylic acids is 1. The molecular weight excluding hydrogens is 348 g/mol. The minimum atomic E-state index is -0.964. The van der Waals surface area contributed by atoms with Crippen molar-refractivity contribution in [2.24, 2.45) is 0 Å². The SMILES string of the molecule is CC(C)(C)OC(=O)N1CCC(NCc2c[nH]c3nccc(C(=O)O)c23)CC1. The number of piperidine rings is 1. The van der Waals surface area contributed by atoms with Crippen LogP contribution in [0.2, 0.25) is 0 Å². The molecule has 0 aromatic carbocycles. The number of H-pyrrole nitrogens is 1. The molecule has 1 amide bonds. The van der Waals surface area contributed by atoms with Gasteiger partial charge in [0.1, 0.15) is 11.2 Å². The van der Waals surface area contributed by atoms with Gasteiger partial charge in [0.05, 0.1) is 5.56 Å². The van der Waals surface area contributed by atoms with E-state index in [4.69, 9.17) is 4.74 Å². The summed E-state index contributed by atoms with van der Waals surface area (Å²) in [5.41, 5.74) is 1.21. The first-order chi connectivity index (χ1) is 12.7. The summed E-state index contributed by atoms with van der Waals surface area (Å²) in [6, 6.07) is 1.78. The number of fused-ring (bicyclic) bond motifs is 1. The molecule has 8 heteroatoms. The van der Waals surface area contributed by atoms with Gasteiger partial charge in [-0.15, -0.1) is 0 Å². The highest BCUT2D eigenvalue weighted by Crippen LogP contribution is 2.22. The lowest BCUT2D eigenvalue weighted by molar-refractivity contribution is 0.0198. The van der Waals surface area contributed by atoms with Gasteiger partial charge in [0.15, 0.2) is 0 Å². The molecule has 0 aliphatic carbocycles. The molecule has 27 heavy (non-hydrogen) atoms.